The molecule has 2 atom stereocenters. The van der Waals surface area contributed by atoms with Gasteiger partial charge in [0.15, 0.2) is 0 Å². The van der Waals surface area contributed by atoms with Gasteiger partial charge in [-0.1, -0.05) is 42.5 Å². The van der Waals surface area contributed by atoms with Crippen LogP contribution in [0, 0.1) is 11.6 Å². The van der Waals surface area contributed by atoms with Crippen LogP contribution < -0.4 is 4.90 Å². The first-order chi connectivity index (χ1) is 13.1. The summed E-state index contributed by atoms with van der Waals surface area (Å²) in [5.41, 5.74) is 3.06. The van der Waals surface area contributed by atoms with Crippen LogP contribution in [0.2, 0.25) is 0 Å². The largest absolute Gasteiger partial charge is 0.307 e. The lowest BCUT2D eigenvalue weighted by atomic mass is 9.92. The zero-order valence-corrected chi connectivity index (χ0v) is 14.5. The van der Waals surface area contributed by atoms with Crippen molar-refractivity contribution in [3.05, 3.63) is 101 Å². The number of hydrogen-bond donors (Lipinski definition) is 0. The van der Waals surface area contributed by atoms with E-state index in [-0.39, 0.29) is 23.5 Å². The molecule has 2 nitrogen and oxygen atoms in total. The average molecular weight is 361 g/mol. The zero-order chi connectivity index (χ0) is 18.6. The van der Waals surface area contributed by atoms with E-state index in [1.165, 1.54) is 24.3 Å². The summed E-state index contributed by atoms with van der Waals surface area (Å²) in [6, 6.07) is 20.6. The van der Waals surface area contributed by atoms with E-state index in [9.17, 15) is 13.6 Å². The number of halogens is 2. The molecule has 2 aliphatic rings. The van der Waals surface area contributed by atoms with Gasteiger partial charge < -0.3 is 4.90 Å². The fourth-order valence-corrected chi connectivity index (χ4v) is 4.42. The molecule has 3 aromatic carbocycles. The number of amides is 1. The second kappa shape index (κ2) is 5.74. The van der Waals surface area contributed by atoms with E-state index in [1.54, 1.807) is 23.1 Å². The van der Waals surface area contributed by atoms with Gasteiger partial charge in [-0.2, -0.15) is 0 Å². The van der Waals surface area contributed by atoms with Crippen molar-refractivity contribution in [3.63, 3.8) is 0 Å². The van der Waals surface area contributed by atoms with Crippen molar-refractivity contribution in [1.82, 2.24) is 0 Å². The standard InChI is InChI=1S/C23H17F2NO/c24-17-10-8-16(9-11-17)20-13-23(20)19-6-1-2-7-21(19)26(22(23)27)14-15-4-3-5-18(25)12-15/h1-12,20H,13-14H2/t20-,23-/m1/s1. The van der Waals surface area contributed by atoms with Crippen molar-refractivity contribution in [2.75, 3.05) is 4.90 Å². The molecule has 1 spiro atoms. The van der Waals surface area contributed by atoms with Crippen molar-refractivity contribution < 1.29 is 13.6 Å². The van der Waals surface area contributed by atoms with E-state index in [1.807, 2.05) is 30.3 Å². The molecule has 1 aliphatic heterocycles. The predicted molar refractivity (Wildman–Crippen MR) is 99.5 cm³/mol. The SMILES string of the molecule is O=C1N(Cc2cccc(F)c2)c2ccccc2[C@@]12C[C@@H]2c1ccc(F)cc1. The van der Waals surface area contributed by atoms with Gasteiger partial charge >= 0.3 is 0 Å². The molecule has 1 aliphatic carbocycles. The van der Waals surface area contributed by atoms with Crippen LogP contribution in [0.5, 0.6) is 0 Å². The molecule has 5 rings (SSSR count). The summed E-state index contributed by atoms with van der Waals surface area (Å²) in [6.45, 7) is 0.339. The number of carbonyl (C=O) groups excluding carboxylic acids is 1. The number of fused-ring (bicyclic) bond motifs is 2. The van der Waals surface area contributed by atoms with Gasteiger partial charge in [-0.25, -0.2) is 8.78 Å². The van der Waals surface area contributed by atoms with E-state index in [0.29, 0.717) is 13.0 Å². The van der Waals surface area contributed by atoms with Gasteiger partial charge in [0.25, 0.3) is 0 Å². The van der Waals surface area contributed by atoms with E-state index in [0.717, 1.165) is 22.4 Å². The number of rotatable bonds is 3. The van der Waals surface area contributed by atoms with Crippen LogP contribution in [-0.2, 0) is 16.8 Å². The van der Waals surface area contributed by atoms with Gasteiger partial charge in [-0.05, 0) is 53.4 Å². The Balaban J connectivity index is 1.53. The van der Waals surface area contributed by atoms with Crippen molar-refractivity contribution in [2.24, 2.45) is 0 Å². The van der Waals surface area contributed by atoms with Gasteiger partial charge in [-0.3, -0.25) is 4.79 Å². The number of para-hydroxylation sites is 1. The number of hydrogen-bond acceptors (Lipinski definition) is 1. The Kier molecular flexibility index (Phi) is 3.44. The normalized spacial score (nSPS) is 23.0. The highest BCUT2D eigenvalue weighted by Crippen LogP contribution is 2.66. The summed E-state index contributed by atoms with van der Waals surface area (Å²) < 4.78 is 26.9. The summed E-state index contributed by atoms with van der Waals surface area (Å²) >= 11 is 0. The first kappa shape index (κ1) is 16.2. The molecule has 0 aromatic heterocycles. The Morgan fingerprint density at radius 1 is 0.926 bits per heavy atom. The molecule has 0 bridgehead atoms. The third-order valence-corrected chi connectivity index (χ3v) is 5.77. The molecule has 0 saturated heterocycles. The minimum Gasteiger partial charge on any atom is -0.307 e. The third-order valence-electron chi connectivity index (χ3n) is 5.77. The Morgan fingerprint density at radius 3 is 2.48 bits per heavy atom. The molecule has 134 valence electrons. The van der Waals surface area contributed by atoms with E-state index >= 15 is 0 Å². The summed E-state index contributed by atoms with van der Waals surface area (Å²) in [4.78, 5) is 15.2. The number of benzene rings is 3. The number of nitrogens with zero attached hydrogens (tertiary/aromatic N) is 1. The maximum atomic E-state index is 13.6. The van der Waals surface area contributed by atoms with E-state index in [2.05, 4.69) is 0 Å². The van der Waals surface area contributed by atoms with Gasteiger partial charge in [-0.15, -0.1) is 0 Å². The van der Waals surface area contributed by atoms with Crippen LogP contribution in [0.3, 0.4) is 0 Å². The highest BCUT2D eigenvalue weighted by molar-refractivity contribution is 6.11. The molecule has 3 aromatic rings. The second-order valence-electron chi connectivity index (χ2n) is 7.32. The van der Waals surface area contributed by atoms with Crippen LogP contribution in [-0.4, -0.2) is 5.91 Å². The molecule has 0 unspecified atom stereocenters. The zero-order valence-electron chi connectivity index (χ0n) is 14.5. The molecule has 0 N–H and O–H groups in total. The average Bonchev–Trinajstić information content (AvgIpc) is 3.38. The van der Waals surface area contributed by atoms with Crippen molar-refractivity contribution in [1.29, 1.82) is 0 Å². The fraction of sp³-hybridized carbons (Fsp3) is 0.174. The Bertz CT molecular complexity index is 1050. The summed E-state index contributed by atoms with van der Waals surface area (Å²) in [6.07, 6.45) is 0.716. The maximum Gasteiger partial charge on any atom is 0.238 e. The van der Waals surface area contributed by atoms with Crippen LogP contribution in [0.4, 0.5) is 14.5 Å². The first-order valence-electron chi connectivity index (χ1n) is 9.01. The number of anilines is 1. The highest BCUT2D eigenvalue weighted by Gasteiger charge is 2.66. The highest BCUT2D eigenvalue weighted by atomic mass is 19.1. The lowest BCUT2D eigenvalue weighted by molar-refractivity contribution is -0.120. The third kappa shape index (κ3) is 2.40. The van der Waals surface area contributed by atoms with Crippen molar-refractivity contribution in [2.45, 2.75) is 24.3 Å². The van der Waals surface area contributed by atoms with Gasteiger partial charge in [0.05, 0.1) is 12.0 Å². The van der Waals surface area contributed by atoms with Crippen molar-refractivity contribution in [3.8, 4) is 0 Å². The van der Waals surface area contributed by atoms with Crippen LogP contribution in [0.15, 0.2) is 72.8 Å². The summed E-state index contributed by atoms with van der Waals surface area (Å²) in [7, 11) is 0. The molecule has 27 heavy (non-hydrogen) atoms. The fourth-order valence-electron chi connectivity index (χ4n) is 4.42. The molecular formula is C23H17F2NO. The minimum atomic E-state index is -0.582. The molecule has 4 heteroatoms. The molecule has 1 amide bonds. The van der Waals surface area contributed by atoms with E-state index < -0.39 is 5.41 Å². The van der Waals surface area contributed by atoms with Crippen LogP contribution in [0.25, 0.3) is 0 Å². The maximum absolute atomic E-state index is 13.6. The monoisotopic (exact) mass is 361 g/mol. The van der Waals surface area contributed by atoms with E-state index in [4.69, 9.17) is 0 Å². The molecule has 1 fully saturated rings. The molecule has 0 radical (unpaired) electrons. The predicted octanol–water partition coefficient (Wildman–Crippen LogP) is 4.94. The minimum absolute atomic E-state index is 0.0438. The van der Waals surface area contributed by atoms with Crippen molar-refractivity contribution >= 4 is 11.6 Å². The Labute approximate surface area is 156 Å². The Morgan fingerprint density at radius 2 is 1.70 bits per heavy atom. The summed E-state index contributed by atoms with van der Waals surface area (Å²) in [5.74, 6) is -0.497. The molecule has 1 saturated carbocycles. The lowest BCUT2D eigenvalue weighted by Gasteiger charge is -2.18. The summed E-state index contributed by atoms with van der Waals surface area (Å²) in [5, 5.41) is 0. The lowest BCUT2D eigenvalue weighted by Crippen LogP contribution is -2.32. The smallest absolute Gasteiger partial charge is 0.238 e. The van der Waals surface area contributed by atoms with Crippen LogP contribution in [0.1, 0.15) is 29.0 Å². The Hall–Kier alpha value is -3.01. The molecular weight excluding hydrogens is 344 g/mol. The first-order valence-corrected chi connectivity index (χ1v) is 9.01. The van der Waals surface area contributed by atoms with Gasteiger partial charge in [0, 0.05) is 11.6 Å². The second-order valence-corrected chi connectivity index (χ2v) is 7.32. The van der Waals surface area contributed by atoms with Crippen LogP contribution >= 0.6 is 0 Å². The van der Waals surface area contributed by atoms with Gasteiger partial charge in [0.1, 0.15) is 11.6 Å². The topological polar surface area (TPSA) is 20.3 Å². The quantitative estimate of drug-likeness (QED) is 0.647. The van der Waals surface area contributed by atoms with Gasteiger partial charge in [0.2, 0.25) is 5.91 Å². The molecule has 1 heterocycles. The number of carbonyl (C=O) groups is 1.